The lowest BCUT2D eigenvalue weighted by Gasteiger charge is -2.28. The summed E-state index contributed by atoms with van der Waals surface area (Å²) in [5.74, 6) is -1.37. The van der Waals surface area contributed by atoms with Gasteiger partial charge in [0.2, 0.25) is 0 Å². The molecule has 0 aliphatic rings. The predicted molar refractivity (Wildman–Crippen MR) is 74.3 cm³/mol. The third-order valence-electron chi connectivity index (χ3n) is 3.01. The Labute approximate surface area is 113 Å². The second-order valence-corrected chi connectivity index (χ2v) is 5.93. The van der Waals surface area contributed by atoms with E-state index in [2.05, 4.69) is 5.32 Å². The lowest BCUT2D eigenvalue weighted by atomic mass is 9.86. The molecule has 0 saturated heterocycles. The first-order valence-corrected chi connectivity index (χ1v) is 6.24. The van der Waals surface area contributed by atoms with Gasteiger partial charge in [0, 0.05) is 5.56 Å². The molecule has 0 aromatic heterocycles. The van der Waals surface area contributed by atoms with Crippen LogP contribution in [0.25, 0.3) is 0 Å². The zero-order valence-corrected chi connectivity index (χ0v) is 12.1. The van der Waals surface area contributed by atoms with Crippen LogP contribution >= 0.6 is 0 Å². The lowest BCUT2D eigenvalue weighted by molar-refractivity contribution is -0.142. The summed E-state index contributed by atoms with van der Waals surface area (Å²) in [6, 6.07) is 4.55. The van der Waals surface area contributed by atoms with E-state index in [0.717, 1.165) is 11.1 Å². The highest BCUT2D eigenvalue weighted by atomic mass is 16.4. The summed E-state index contributed by atoms with van der Waals surface area (Å²) in [7, 11) is 0. The van der Waals surface area contributed by atoms with Gasteiger partial charge in [0.1, 0.15) is 6.04 Å². The zero-order chi connectivity index (χ0) is 14.8. The van der Waals surface area contributed by atoms with E-state index >= 15 is 0 Å². The van der Waals surface area contributed by atoms with Crippen LogP contribution in [0.3, 0.4) is 0 Å². The van der Waals surface area contributed by atoms with Gasteiger partial charge in [-0.25, -0.2) is 4.79 Å². The van der Waals surface area contributed by atoms with Crippen molar-refractivity contribution >= 4 is 11.9 Å². The maximum absolute atomic E-state index is 12.2. The quantitative estimate of drug-likeness (QED) is 0.880. The number of aliphatic carboxylic acids is 1. The van der Waals surface area contributed by atoms with Crippen molar-refractivity contribution in [3.05, 3.63) is 34.9 Å². The molecule has 104 valence electrons. The number of benzene rings is 1. The van der Waals surface area contributed by atoms with Crippen molar-refractivity contribution in [1.29, 1.82) is 0 Å². The van der Waals surface area contributed by atoms with Crippen molar-refractivity contribution in [2.24, 2.45) is 5.41 Å². The van der Waals surface area contributed by atoms with Crippen molar-refractivity contribution < 1.29 is 14.7 Å². The van der Waals surface area contributed by atoms with Crippen LogP contribution in [0, 0.1) is 19.3 Å². The highest BCUT2D eigenvalue weighted by Crippen LogP contribution is 2.20. The normalized spacial score (nSPS) is 12.9. The number of hydrogen-bond acceptors (Lipinski definition) is 2. The van der Waals surface area contributed by atoms with E-state index in [1.165, 1.54) is 0 Å². The highest BCUT2D eigenvalue weighted by molar-refractivity contribution is 5.98. The van der Waals surface area contributed by atoms with Gasteiger partial charge in [-0.2, -0.15) is 0 Å². The number of carboxylic acids is 1. The van der Waals surface area contributed by atoms with Gasteiger partial charge in [0.25, 0.3) is 5.91 Å². The molecule has 1 aromatic rings. The Morgan fingerprint density at radius 2 is 1.79 bits per heavy atom. The zero-order valence-electron chi connectivity index (χ0n) is 12.1. The van der Waals surface area contributed by atoms with Crippen LogP contribution in [0.4, 0.5) is 0 Å². The minimum absolute atomic E-state index is 0.347. The minimum atomic E-state index is -1.02. The number of nitrogens with one attached hydrogen (secondary N) is 1. The molecule has 1 unspecified atom stereocenters. The Balaban J connectivity index is 2.98. The molecule has 0 aliphatic carbocycles. The van der Waals surface area contributed by atoms with Crippen LogP contribution in [-0.2, 0) is 4.79 Å². The second kappa shape index (κ2) is 5.43. The monoisotopic (exact) mass is 263 g/mol. The second-order valence-electron chi connectivity index (χ2n) is 5.93. The summed E-state index contributed by atoms with van der Waals surface area (Å²) in [4.78, 5) is 23.4. The Morgan fingerprint density at radius 1 is 1.21 bits per heavy atom. The smallest absolute Gasteiger partial charge is 0.326 e. The van der Waals surface area contributed by atoms with Gasteiger partial charge in [-0.3, -0.25) is 4.79 Å². The largest absolute Gasteiger partial charge is 0.480 e. The standard InChI is InChI=1S/C15H21NO3/c1-9-6-7-11(10(2)8-9)13(17)16-12(14(18)19)15(3,4)5/h6-8,12H,1-5H3,(H,16,17)(H,18,19). The van der Waals surface area contributed by atoms with Crippen LogP contribution in [0.1, 0.15) is 42.3 Å². The average molecular weight is 263 g/mol. The maximum atomic E-state index is 12.2. The molecule has 4 heteroatoms. The fraction of sp³-hybridized carbons (Fsp3) is 0.467. The molecular weight excluding hydrogens is 242 g/mol. The molecule has 0 bridgehead atoms. The van der Waals surface area contributed by atoms with Crippen LogP contribution in [-0.4, -0.2) is 23.0 Å². The fourth-order valence-electron chi connectivity index (χ4n) is 1.93. The molecule has 19 heavy (non-hydrogen) atoms. The van der Waals surface area contributed by atoms with Crippen molar-refractivity contribution in [3.8, 4) is 0 Å². The first-order chi connectivity index (χ1) is 8.62. The van der Waals surface area contributed by atoms with Crippen molar-refractivity contribution in [1.82, 2.24) is 5.32 Å². The highest BCUT2D eigenvalue weighted by Gasteiger charge is 2.32. The topological polar surface area (TPSA) is 66.4 Å². The van der Waals surface area contributed by atoms with Crippen molar-refractivity contribution in [2.45, 2.75) is 40.7 Å². The lowest BCUT2D eigenvalue weighted by Crippen LogP contribution is -2.49. The third kappa shape index (κ3) is 3.81. The van der Waals surface area contributed by atoms with Gasteiger partial charge >= 0.3 is 5.97 Å². The van der Waals surface area contributed by atoms with E-state index in [-0.39, 0.29) is 5.91 Å². The SMILES string of the molecule is Cc1ccc(C(=O)NC(C(=O)O)C(C)(C)C)c(C)c1. The molecule has 1 atom stereocenters. The number of hydrogen-bond donors (Lipinski definition) is 2. The first-order valence-electron chi connectivity index (χ1n) is 6.24. The van der Waals surface area contributed by atoms with E-state index in [1.807, 2.05) is 26.0 Å². The Morgan fingerprint density at radius 3 is 2.21 bits per heavy atom. The number of carboxylic acid groups (broad SMARTS) is 1. The number of carbonyl (C=O) groups excluding carboxylic acids is 1. The summed E-state index contributed by atoms with van der Waals surface area (Å²) < 4.78 is 0. The number of carbonyl (C=O) groups is 2. The molecule has 1 aromatic carbocycles. The van der Waals surface area contributed by atoms with Crippen molar-refractivity contribution in [3.63, 3.8) is 0 Å². The van der Waals surface area contributed by atoms with Gasteiger partial charge in [0.15, 0.2) is 0 Å². The van der Waals surface area contributed by atoms with E-state index in [4.69, 9.17) is 0 Å². The van der Waals surface area contributed by atoms with Gasteiger partial charge in [-0.15, -0.1) is 0 Å². The van der Waals surface area contributed by atoms with Crippen LogP contribution < -0.4 is 5.32 Å². The van der Waals surface area contributed by atoms with Gasteiger partial charge in [-0.05, 0) is 30.9 Å². The van der Waals surface area contributed by atoms with Crippen LogP contribution in [0.2, 0.25) is 0 Å². The molecule has 0 radical (unpaired) electrons. The maximum Gasteiger partial charge on any atom is 0.326 e. The molecule has 0 aliphatic heterocycles. The van der Waals surface area contributed by atoms with E-state index < -0.39 is 17.4 Å². The number of amides is 1. The van der Waals surface area contributed by atoms with E-state index in [9.17, 15) is 14.7 Å². The van der Waals surface area contributed by atoms with E-state index in [1.54, 1.807) is 26.8 Å². The van der Waals surface area contributed by atoms with Gasteiger partial charge in [0.05, 0.1) is 0 Å². The molecule has 0 heterocycles. The number of rotatable bonds is 3. The van der Waals surface area contributed by atoms with Crippen LogP contribution in [0.5, 0.6) is 0 Å². The predicted octanol–water partition coefficient (Wildman–Crippen LogP) is 2.53. The molecular formula is C15H21NO3. The van der Waals surface area contributed by atoms with Crippen LogP contribution in [0.15, 0.2) is 18.2 Å². The van der Waals surface area contributed by atoms with Gasteiger partial charge in [-0.1, -0.05) is 38.5 Å². The summed E-state index contributed by atoms with van der Waals surface area (Å²) in [5.41, 5.74) is 1.89. The minimum Gasteiger partial charge on any atom is -0.480 e. The Bertz CT molecular complexity index is 501. The molecule has 4 nitrogen and oxygen atoms in total. The molecule has 1 amide bonds. The summed E-state index contributed by atoms with van der Waals surface area (Å²) in [6.07, 6.45) is 0. The summed E-state index contributed by atoms with van der Waals surface area (Å²) in [6.45, 7) is 9.15. The fourth-order valence-corrected chi connectivity index (χ4v) is 1.93. The molecule has 0 fully saturated rings. The molecule has 0 spiro atoms. The number of aryl methyl sites for hydroxylation is 2. The summed E-state index contributed by atoms with van der Waals surface area (Å²) >= 11 is 0. The molecule has 1 rings (SSSR count). The average Bonchev–Trinajstić information content (AvgIpc) is 2.23. The Hall–Kier alpha value is -1.84. The van der Waals surface area contributed by atoms with Crippen molar-refractivity contribution in [2.75, 3.05) is 0 Å². The third-order valence-corrected chi connectivity index (χ3v) is 3.01. The Kier molecular flexibility index (Phi) is 4.35. The van der Waals surface area contributed by atoms with Gasteiger partial charge < -0.3 is 10.4 Å². The van der Waals surface area contributed by atoms with E-state index in [0.29, 0.717) is 5.56 Å². The summed E-state index contributed by atoms with van der Waals surface area (Å²) in [5, 5.41) is 11.8. The molecule has 0 saturated carbocycles. The first kappa shape index (κ1) is 15.2. The molecule has 2 N–H and O–H groups in total.